The number of halogens is 2. The molecule has 0 saturated heterocycles. The zero-order valence-corrected chi connectivity index (χ0v) is 17.1. The molecule has 2 saturated carbocycles. The first-order chi connectivity index (χ1) is 8.79. The maximum absolute atomic E-state index is 5.80. The van der Waals surface area contributed by atoms with Crippen LogP contribution in [0.25, 0.3) is 0 Å². The fourth-order valence-electron chi connectivity index (χ4n) is 2.98. The third-order valence-corrected chi connectivity index (χ3v) is 4.30. The van der Waals surface area contributed by atoms with E-state index in [9.17, 15) is 0 Å². The van der Waals surface area contributed by atoms with E-state index in [-0.39, 0.29) is 45.9 Å². The molecule has 0 unspecified atom stereocenters. The summed E-state index contributed by atoms with van der Waals surface area (Å²) in [5.74, 6) is 0. The van der Waals surface area contributed by atoms with Gasteiger partial charge in [-0.05, 0) is 25.7 Å². The number of nitrogens with two attached hydrogens (primary N) is 2. The maximum atomic E-state index is 5.80. The number of hydrogen-bond donors (Lipinski definition) is 2. The Morgan fingerprint density at radius 2 is 0.619 bits per heavy atom. The van der Waals surface area contributed by atoms with Gasteiger partial charge in [0, 0.05) is 12.1 Å². The van der Waals surface area contributed by atoms with E-state index in [0.717, 1.165) is 0 Å². The standard InChI is InChI=1S/2C8H17N.2ClH.Pt/c2*9-8-6-4-2-1-3-5-7-8;;;/h2*8H,1-7,9H2;2*1H;/q;;;;+2/p-2. The molecule has 5 heteroatoms. The molecule has 21 heavy (non-hydrogen) atoms. The molecule has 2 nitrogen and oxygen atoms in total. The minimum atomic E-state index is 0. The Labute approximate surface area is 159 Å². The number of hydrogen-bond acceptors (Lipinski definition) is 2. The van der Waals surface area contributed by atoms with E-state index >= 15 is 0 Å². The van der Waals surface area contributed by atoms with Gasteiger partial charge in [-0.15, -0.1) is 0 Å². The fraction of sp³-hybridized carbons (Fsp3) is 1.00. The maximum Gasteiger partial charge on any atom is 2.00 e. The second kappa shape index (κ2) is 19.2. The van der Waals surface area contributed by atoms with E-state index in [1.807, 2.05) is 0 Å². The van der Waals surface area contributed by atoms with Gasteiger partial charge in [0.2, 0.25) is 0 Å². The van der Waals surface area contributed by atoms with Crippen molar-refractivity contribution in [3.8, 4) is 0 Å². The van der Waals surface area contributed by atoms with Gasteiger partial charge in [-0.25, -0.2) is 0 Å². The van der Waals surface area contributed by atoms with Gasteiger partial charge in [0.05, 0.1) is 0 Å². The zero-order valence-electron chi connectivity index (χ0n) is 13.3. The molecule has 0 aromatic carbocycles. The molecule has 0 amide bonds. The minimum absolute atomic E-state index is 0. The molecule has 2 rings (SSSR count). The summed E-state index contributed by atoms with van der Waals surface area (Å²) in [5, 5.41) is 0. The monoisotopic (exact) mass is 519 g/mol. The summed E-state index contributed by atoms with van der Waals surface area (Å²) in [6.07, 6.45) is 19.0. The van der Waals surface area contributed by atoms with Crippen LogP contribution < -0.4 is 36.3 Å². The summed E-state index contributed by atoms with van der Waals surface area (Å²) >= 11 is 0. The van der Waals surface area contributed by atoms with Gasteiger partial charge in [0.25, 0.3) is 0 Å². The summed E-state index contributed by atoms with van der Waals surface area (Å²) < 4.78 is 0. The van der Waals surface area contributed by atoms with Gasteiger partial charge in [0.15, 0.2) is 0 Å². The molecule has 0 bridgehead atoms. The van der Waals surface area contributed by atoms with Crippen molar-refractivity contribution in [2.45, 2.75) is 102 Å². The summed E-state index contributed by atoms with van der Waals surface area (Å²) in [4.78, 5) is 0. The molecule has 2 aliphatic carbocycles. The Morgan fingerprint density at radius 3 is 0.857 bits per heavy atom. The van der Waals surface area contributed by atoms with Gasteiger partial charge >= 0.3 is 21.1 Å². The first kappa shape index (κ1) is 27.1. The largest absolute Gasteiger partial charge is 2.00 e. The van der Waals surface area contributed by atoms with Gasteiger partial charge in [-0.1, -0.05) is 64.2 Å². The molecule has 2 fully saturated rings. The zero-order chi connectivity index (χ0) is 13.1. The molecule has 0 aliphatic heterocycles. The second-order valence-corrected chi connectivity index (χ2v) is 6.21. The number of rotatable bonds is 0. The Kier molecular flexibility index (Phi) is 24.8. The van der Waals surface area contributed by atoms with E-state index < -0.39 is 0 Å². The average Bonchev–Trinajstić information content (AvgIpc) is 2.30. The van der Waals surface area contributed by atoms with Crippen molar-refractivity contribution in [1.82, 2.24) is 0 Å². The van der Waals surface area contributed by atoms with Crippen molar-refractivity contribution < 1.29 is 45.9 Å². The van der Waals surface area contributed by atoms with Gasteiger partial charge < -0.3 is 36.3 Å². The second-order valence-electron chi connectivity index (χ2n) is 6.21. The van der Waals surface area contributed by atoms with Crippen LogP contribution >= 0.6 is 0 Å². The molecular formula is C16H34Cl2N2Pt. The fourth-order valence-corrected chi connectivity index (χ4v) is 2.98. The van der Waals surface area contributed by atoms with Gasteiger partial charge in [-0.3, -0.25) is 0 Å². The van der Waals surface area contributed by atoms with E-state index in [1.165, 1.54) is 89.9 Å². The molecule has 132 valence electrons. The van der Waals surface area contributed by atoms with Crippen molar-refractivity contribution in [2.24, 2.45) is 11.5 Å². The summed E-state index contributed by atoms with van der Waals surface area (Å²) in [6, 6.07) is 1.04. The predicted molar refractivity (Wildman–Crippen MR) is 80.6 cm³/mol. The molecule has 0 spiro atoms. The van der Waals surface area contributed by atoms with Crippen LogP contribution in [0, 0.1) is 0 Å². The van der Waals surface area contributed by atoms with E-state index in [4.69, 9.17) is 11.5 Å². The van der Waals surface area contributed by atoms with Crippen LogP contribution in [0.2, 0.25) is 0 Å². The van der Waals surface area contributed by atoms with Crippen LogP contribution in [-0.4, -0.2) is 12.1 Å². The summed E-state index contributed by atoms with van der Waals surface area (Å²) in [5.41, 5.74) is 11.6. The van der Waals surface area contributed by atoms with E-state index in [2.05, 4.69) is 0 Å². The molecule has 4 N–H and O–H groups in total. The first-order valence-corrected chi connectivity index (χ1v) is 8.30. The Balaban J connectivity index is -0.000000270. The van der Waals surface area contributed by atoms with Crippen LogP contribution in [0.1, 0.15) is 89.9 Å². The van der Waals surface area contributed by atoms with E-state index in [1.54, 1.807) is 0 Å². The Hall–Kier alpha value is 1.19. The van der Waals surface area contributed by atoms with Crippen LogP contribution in [0.5, 0.6) is 0 Å². The van der Waals surface area contributed by atoms with Crippen molar-refractivity contribution in [3.05, 3.63) is 0 Å². The van der Waals surface area contributed by atoms with Gasteiger partial charge in [-0.2, -0.15) is 0 Å². The third-order valence-electron chi connectivity index (χ3n) is 4.30. The molecule has 0 aromatic heterocycles. The Morgan fingerprint density at radius 1 is 0.429 bits per heavy atom. The SMILES string of the molecule is NC1CCCCCCC1.NC1CCCCCCC1.[Cl-].[Cl-].[Pt+2]. The van der Waals surface area contributed by atoms with Crippen LogP contribution in [0.15, 0.2) is 0 Å². The summed E-state index contributed by atoms with van der Waals surface area (Å²) in [6.45, 7) is 0. The molecular weight excluding hydrogens is 486 g/mol. The van der Waals surface area contributed by atoms with Crippen LogP contribution in [0.3, 0.4) is 0 Å². The van der Waals surface area contributed by atoms with Crippen molar-refractivity contribution in [2.75, 3.05) is 0 Å². The normalized spacial score (nSPS) is 21.4. The van der Waals surface area contributed by atoms with Crippen LogP contribution in [0.4, 0.5) is 0 Å². The van der Waals surface area contributed by atoms with Crippen LogP contribution in [-0.2, 0) is 21.1 Å². The molecule has 0 aromatic rings. The average molecular weight is 520 g/mol. The van der Waals surface area contributed by atoms with Crippen molar-refractivity contribution in [1.29, 1.82) is 0 Å². The molecule has 0 heterocycles. The molecule has 0 atom stereocenters. The van der Waals surface area contributed by atoms with Crippen molar-refractivity contribution in [3.63, 3.8) is 0 Å². The predicted octanol–water partition coefficient (Wildman–Crippen LogP) is -1.88. The minimum Gasteiger partial charge on any atom is -1.00 e. The molecule has 0 radical (unpaired) electrons. The first-order valence-electron chi connectivity index (χ1n) is 8.30. The summed E-state index contributed by atoms with van der Waals surface area (Å²) in [7, 11) is 0. The quantitative estimate of drug-likeness (QED) is 0.393. The van der Waals surface area contributed by atoms with Crippen molar-refractivity contribution >= 4 is 0 Å². The smallest absolute Gasteiger partial charge is 1.00 e. The third kappa shape index (κ3) is 17.4. The molecule has 2 aliphatic rings. The topological polar surface area (TPSA) is 52.0 Å². The van der Waals surface area contributed by atoms with Gasteiger partial charge in [0.1, 0.15) is 0 Å². The Bertz CT molecular complexity index is 161. The van der Waals surface area contributed by atoms with E-state index in [0.29, 0.717) is 12.1 Å².